The highest BCUT2D eigenvalue weighted by Crippen LogP contribution is 2.09. The highest BCUT2D eigenvalue weighted by molar-refractivity contribution is 7.88. The molecule has 0 aliphatic carbocycles. The van der Waals surface area contributed by atoms with Crippen LogP contribution in [-0.4, -0.2) is 17.3 Å². The van der Waals surface area contributed by atoms with Crippen molar-refractivity contribution in [2.75, 3.05) is 7.11 Å². The number of carbonyl (C=O) groups excluding carboxylic acids is 1. The summed E-state index contributed by atoms with van der Waals surface area (Å²) in [5, 5.41) is 1.32. The summed E-state index contributed by atoms with van der Waals surface area (Å²) in [7, 11) is -0.0160. The Balaban J connectivity index is 2.73. The number of benzene rings is 1. The fourth-order valence-electron chi connectivity index (χ4n) is 0.936. The lowest BCUT2D eigenvalue weighted by Crippen LogP contribution is -1.95. The zero-order chi connectivity index (χ0) is 11.3. The second kappa shape index (κ2) is 5.46. The van der Waals surface area contributed by atoms with Gasteiger partial charge in [0.2, 0.25) is 0 Å². The summed E-state index contributed by atoms with van der Waals surface area (Å²) in [5.74, 6) is -0.504. The Labute approximate surface area is 91.2 Å². The summed E-state index contributed by atoms with van der Waals surface area (Å²) < 4.78 is 16.0. The number of aryl methyl sites for hydroxylation is 1. The third kappa shape index (κ3) is 3.67. The van der Waals surface area contributed by atoms with E-state index in [4.69, 9.17) is 0 Å². The first-order valence-electron chi connectivity index (χ1n) is 4.37. The van der Waals surface area contributed by atoms with E-state index in [-0.39, 0.29) is 0 Å². The zero-order valence-electron chi connectivity index (χ0n) is 8.60. The molecule has 1 unspecified atom stereocenters. The van der Waals surface area contributed by atoms with Crippen LogP contribution in [0, 0.1) is 6.92 Å². The van der Waals surface area contributed by atoms with Crippen LogP contribution in [-0.2, 0) is 20.3 Å². The number of rotatable bonds is 3. The van der Waals surface area contributed by atoms with Gasteiger partial charge < -0.3 is 4.74 Å². The Hall–Kier alpha value is -1.42. The maximum atomic E-state index is 11.6. The lowest BCUT2D eigenvalue weighted by atomic mass is 10.2. The zero-order valence-corrected chi connectivity index (χ0v) is 9.41. The molecular formula is C11H12O3S. The van der Waals surface area contributed by atoms with Crippen LogP contribution in [0.4, 0.5) is 0 Å². The SMILES string of the molecule is COC(=O)C=CS(=O)c1ccc(C)cc1. The maximum absolute atomic E-state index is 11.6. The molecule has 0 heterocycles. The minimum atomic E-state index is -1.30. The lowest BCUT2D eigenvalue weighted by Gasteiger charge is -1.97. The second-order valence-electron chi connectivity index (χ2n) is 2.94. The molecule has 0 aromatic heterocycles. The Morgan fingerprint density at radius 2 is 1.93 bits per heavy atom. The van der Waals surface area contributed by atoms with Crippen LogP contribution in [0.2, 0.25) is 0 Å². The van der Waals surface area contributed by atoms with E-state index in [2.05, 4.69) is 4.74 Å². The first-order chi connectivity index (χ1) is 7.13. The molecule has 1 aromatic carbocycles. The number of esters is 1. The van der Waals surface area contributed by atoms with Crippen LogP contribution in [0.25, 0.3) is 0 Å². The van der Waals surface area contributed by atoms with Gasteiger partial charge in [-0.1, -0.05) is 17.7 Å². The van der Waals surface area contributed by atoms with E-state index in [1.54, 1.807) is 12.1 Å². The van der Waals surface area contributed by atoms with Crippen molar-refractivity contribution in [3.8, 4) is 0 Å². The van der Waals surface area contributed by atoms with Crippen molar-refractivity contribution >= 4 is 16.8 Å². The summed E-state index contributed by atoms with van der Waals surface area (Å²) in [6.07, 6.45) is 1.16. The maximum Gasteiger partial charge on any atom is 0.331 e. The Kier molecular flexibility index (Phi) is 4.24. The van der Waals surface area contributed by atoms with Crippen molar-refractivity contribution in [1.29, 1.82) is 0 Å². The minimum Gasteiger partial charge on any atom is -0.466 e. The highest BCUT2D eigenvalue weighted by atomic mass is 32.2. The molecule has 0 spiro atoms. The van der Waals surface area contributed by atoms with Crippen LogP contribution in [0.3, 0.4) is 0 Å². The molecule has 1 rings (SSSR count). The molecule has 0 saturated heterocycles. The van der Waals surface area contributed by atoms with Crippen molar-refractivity contribution in [2.45, 2.75) is 11.8 Å². The van der Waals surface area contributed by atoms with E-state index in [0.717, 1.165) is 11.6 Å². The van der Waals surface area contributed by atoms with E-state index >= 15 is 0 Å². The van der Waals surface area contributed by atoms with Crippen molar-refractivity contribution < 1.29 is 13.7 Å². The van der Waals surface area contributed by atoms with Gasteiger partial charge in [-0.3, -0.25) is 0 Å². The van der Waals surface area contributed by atoms with Gasteiger partial charge >= 0.3 is 5.97 Å². The largest absolute Gasteiger partial charge is 0.466 e. The van der Waals surface area contributed by atoms with Crippen LogP contribution in [0.5, 0.6) is 0 Å². The average molecular weight is 224 g/mol. The summed E-state index contributed by atoms with van der Waals surface area (Å²) >= 11 is 0. The highest BCUT2D eigenvalue weighted by Gasteiger charge is 2.00. The number of carbonyl (C=O) groups is 1. The Morgan fingerprint density at radius 3 is 2.47 bits per heavy atom. The molecule has 0 aliphatic rings. The predicted molar refractivity (Wildman–Crippen MR) is 58.7 cm³/mol. The molecule has 0 aliphatic heterocycles. The third-order valence-electron chi connectivity index (χ3n) is 1.78. The molecular weight excluding hydrogens is 212 g/mol. The standard InChI is InChI=1S/C11H12O3S/c1-9-3-5-10(6-4-9)15(13)8-7-11(12)14-2/h3-8H,1-2H3. The molecule has 1 atom stereocenters. The first kappa shape index (κ1) is 11.7. The van der Waals surface area contributed by atoms with E-state index in [9.17, 15) is 9.00 Å². The second-order valence-corrected chi connectivity index (χ2v) is 4.27. The number of hydrogen-bond acceptors (Lipinski definition) is 3. The van der Waals surface area contributed by atoms with Gasteiger partial charge in [-0.15, -0.1) is 0 Å². The van der Waals surface area contributed by atoms with E-state index in [0.29, 0.717) is 4.90 Å². The molecule has 0 fully saturated rings. The van der Waals surface area contributed by atoms with Crippen molar-refractivity contribution in [3.63, 3.8) is 0 Å². The molecule has 1 aromatic rings. The molecule has 0 amide bonds. The number of hydrogen-bond donors (Lipinski definition) is 0. The predicted octanol–water partition coefficient (Wildman–Crippen LogP) is 1.79. The number of methoxy groups -OCH3 is 1. The quantitative estimate of drug-likeness (QED) is 0.580. The third-order valence-corrected chi connectivity index (χ3v) is 2.90. The average Bonchev–Trinajstić information content (AvgIpc) is 2.26. The molecule has 15 heavy (non-hydrogen) atoms. The van der Waals surface area contributed by atoms with Crippen molar-refractivity contribution in [2.24, 2.45) is 0 Å². The molecule has 0 bridgehead atoms. The van der Waals surface area contributed by atoms with Crippen LogP contribution < -0.4 is 0 Å². The van der Waals surface area contributed by atoms with Crippen molar-refractivity contribution in [1.82, 2.24) is 0 Å². The van der Waals surface area contributed by atoms with E-state index in [1.165, 1.54) is 12.5 Å². The van der Waals surface area contributed by atoms with Gasteiger partial charge in [0.05, 0.1) is 17.9 Å². The van der Waals surface area contributed by atoms with Gasteiger partial charge in [0.25, 0.3) is 0 Å². The molecule has 3 nitrogen and oxygen atoms in total. The summed E-state index contributed by atoms with van der Waals surface area (Å²) in [6, 6.07) is 7.29. The Morgan fingerprint density at radius 1 is 1.33 bits per heavy atom. The summed E-state index contributed by atoms with van der Waals surface area (Å²) in [4.78, 5) is 11.4. The van der Waals surface area contributed by atoms with Gasteiger partial charge in [0, 0.05) is 16.4 Å². The van der Waals surface area contributed by atoms with Gasteiger partial charge in [-0.25, -0.2) is 9.00 Å². The van der Waals surface area contributed by atoms with Gasteiger partial charge in [-0.05, 0) is 19.1 Å². The Bertz CT molecular complexity index is 393. The van der Waals surface area contributed by atoms with Crippen LogP contribution in [0.1, 0.15) is 5.56 Å². The number of ether oxygens (including phenoxy) is 1. The smallest absolute Gasteiger partial charge is 0.331 e. The van der Waals surface area contributed by atoms with Crippen LogP contribution in [0.15, 0.2) is 40.6 Å². The summed E-state index contributed by atoms with van der Waals surface area (Å²) in [6.45, 7) is 1.96. The monoisotopic (exact) mass is 224 g/mol. The fourth-order valence-corrected chi connectivity index (χ4v) is 1.73. The van der Waals surface area contributed by atoms with Gasteiger partial charge in [0.1, 0.15) is 0 Å². The lowest BCUT2D eigenvalue weighted by molar-refractivity contribution is -0.134. The molecule has 0 N–H and O–H groups in total. The molecule has 4 heteroatoms. The van der Waals surface area contributed by atoms with Crippen molar-refractivity contribution in [3.05, 3.63) is 41.3 Å². The first-order valence-corrected chi connectivity index (χ1v) is 5.58. The van der Waals surface area contributed by atoms with E-state index in [1.807, 2.05) is 19.1 Å². The topological polar surface area (TPSA) is 43.4 Å². The molecule has 0 saturated carbocycles. The minimum absolute atomic E-state index is 0.504. The van der Waals surface area contributed by atoms with Gasteiger partial charge in [-0.2, -0.15) is 0 Å². The van der Waals surface area contributed by atoms with E-state index < -0.39 is 16.8 Å². The van der Waals surface area contributed by atoms with Crippen LogP contribution >= 0.6 is 0 Å². The molecule has 0 radical (unpaired) electrons. The fraction of sp³-hybridized carbons (Fsp3) is 0.182. The molecule has 80 valence electrons. The normalized spacial score (nSPS) is 12.7. The summed E-state index contributed by atoms with van der Waals surface area (Å²) in [5.41, 5.74) is 1.10. The van der Waals surface area contributed by atoms with Gasteiger partial charge in [0.15, 0.2) is 0 Å².